The number of carbonyl (C=O) groups excluding carboxylic acids is 2. The Kier molecular flexibility index (Phi) is 8.53. The lowest BCUT2D eigenvalue weighted by atomic mass is 10.1. The number of benzene rings is 2. The molecule has 168 valence electrons. The first-order valence-electron chi connectivity index (χ1n) is 10.5. The first kappa shape index (κ1) is 23.6. The highest BCUT2D eigenvalue weighted by Crippen LogP contribution is 2.27. The fourth-order valence-electron chi connectivity index (χ4n) is 3.28. The van der Waals surface area contributed by atoms with Crippen molar-refractivity contribution in [3.8, 4) is 11.1 Å². The molecule has 2 aromatic carbocycles. The second-order valence-electron chi connectivity index (χ2n) is 7.05. The molecule has 3 aromatic rings. The summed E-state index contributed by atoms with van der Waals surface area (Å²) in [6.45, 7) is 4.43. The van der Waals surface area contributed by atoms with Crippen LogP contribution in [0.15, 0.2) is 71.9 Å². The van der Waals surface area contributed by atoms with Crippen molar-refractivity contribution in [2.24, 2.45) is 0 Å². The topological polar surface area (TPSA) is 77.8 Å². The molecule has 6 nitrogen and oxygen atoms in total. The zero-order valence-corrected chi connectivity index (χ0v) is 19.0. The van der Waals surface area contributed by atoms with E-state index >= 15 is 0 Å². The molecule has 32 heavy (non-hydrogen) atoms. The van der Waals surface area contributed by atoms with Gasteiger partial charge in [-0.2, -0.15) is 0 Å². The second-order valence-corrected chi connectivity index (χ2v) is 8.11. The zero-order chi connectivity index (χ0) is 22.9. The van der Waals surface area contributed by atoms with Crippen LogP contribution in [0.4, 0.5) is 0 Å². The number of hydrogen-bond acceptors (Lipinski definition) is 6. The maximum atomic E-state index is 12.5. The summed E-state index contributed by atoms with van der Waals surface area (Å²) in [5, 5.41) is 10.6. The number of carbonyl (C=O) groups is 2. The molecule has 7 heteroatoms. The Labute approximate surface area is 192 Å². The quantitative estimate of drug-likeness (QED) is 0.355. The standard InChI is InChI=1S/C25H27NO5S/c1-3-30-24(28)20-12-8-9-13-23(20)32-17-19(27)14-26-15-21(18-10-6-5-7-11-18)22(16-26)25(29)31-4-2/h5-13,15-16,19,27H,3-4,14,17H2,1-2H3. The number of rotatable bonds is 10. The average Bonchev–Trinajstić information content (AvgIpc) is 3.22. The minimum atomic E-state index is -0.693. The lowest BCUT2D eigenvalue weighted by Crippen LogP contribution is -2.18. The summed E-state index contributed by atoms with van der Waals surface area (Å²) in [7, 11) is 0. The fourth-order valence-corrected chi connectivity index (χ4v) is 4.24. The third kappa shape index (κ3) is 6.02. The molecule has 1 N–H and O–H groups in total. The smallest absolute Gasteiger partial charge is 0.340 e. The van der Waals surface area contributed by atoms with Crippen molar-refractivity contribution in [1.29, 1.82) is 0 Å². The van der Waals surface area contributed by atoms with Gasteiger partial charge in [-0.05, 0) is 31.5 Å². The molecule has 0 amide bonds. The maximum absolute atomic E-state index is 12.5. The number of ether oxygens (including phenoxy) is 2. The van der Waals surface area contributed by atoms with Crippen LogP contribution in [-0.2, 0) is 16.0 Å². The van der Waals surface area contributed by atoms with E-state index in [1.54, 1.807) is 36.7 Å². The summed E-state index contributed by atoms with van der Waals surface area (Å²) >= 11 is 1.39. The van der Waals surface area contributed by atoms with Crippen molar-refractivity contribution in [3.63, 3.8) is 0 Å². The molecule has 0 aliphatic carbocycles. The van der Waals surface area contributed by atoms with Gasteiger partial charge in [0.2, 0.25) is 0 Å². The summed E-state index contributed by atoms with van der Waals surface area (Å²) in [5.74, 6) is -0.385. The van der Waals surface area contributed by atoms with Gasteiger partial charge in [-0.15, -0.1) is 11.8 Å². The van der Waals surface area contributed by atoms with E-state index in [2.05, 4.69) is 0 Å². The van der Waals surface area contributed by atoms with Crippen molar-refractivity contribution >= 4 is 23.7 Å². The second kappa shape index (κ2) is 11.5. The number of aromatic nitrogens is 1. The Bertz CT molecular complexity index is 1050. The minimum absolute atomic E-state index is 0.289. The van der Waals surface area contributed by atoms with Crippen molar-refractivity contribution in [2.45, 2.75) is 31.4 Å². The van der Waals surface area contributed by atoms with E-state index in [4.69, 9.17) is 9.47 Å². The van der Waals surface area contributed by atoms with Crippen LogP contribution in [0.2, 0.25) is 0 Å². The number of hydrogen-bond donors (Lipinski definition) is 1. The number of aliphatic hydroxyl groups excluding tert-OH is 1. The molecule has 0 aliphatic rings. The number of esters is 2. The molecule has 0 radical (unpaired) electrons. The van der Waals surface area contributed by atoms with Gasteiger partial charge in [0.1, 0.15) is 0 Å². The van der Waals surface area contributed by atoms with E-state index in [-0.39, 0.29) is 12.6 Å². The Morgan fingerprint density at radius 3 is 2.22 bits per heavy atom. The third-order valence-corrected chi connectivity index (χ3v) is 5.91. The highest BCUT2D eigenvalue weighted by atomic mass is 32.2. The van der Waals surface area contributed by atoms with E-state index in [0.717, 1.165) is 16.0 Å². The van der Waals surface area contributed by atoms with Crippen LogP contribution in [0.5, 0.6) is 0 Å². The summed E-state index contributed by atoms with van der Waals surface area (Å²) in [4.78, 5) is 25.4. The van der Waals surface area contributed by atoms with Crippen molar-refractivity contribution in [3.05, 3.63) is 78.1 Å². The Morgan fingerprint density at radius 1 is 0.906 bits per heavy atom. The molecule has 1 unspecified atom stereocenters. The van der Waals surface area contributed by atoms with Crippen molar-refractivity contribution in [2.75, 3.05) is 19.0 Å². The van der Waals surface area contributed by atoms with Gasteiger partial charge in [-0.1, -0.05) is 42.5 Å². The number of thioether (sulfide) groups is 1. The lowest BCUT2D eigenvalue weighted by Gasteiger charge is -2.13. The summed E-state index contributed by atoms with van der Waals surface area (Å²) in [6, 6.07) is 16.8. The molecular formula is C25H27NO5S. The van der Waals surface area contributed by atoms with E-state index in [9.17, 15) is 14.7 Å². The summed E-state index contributed by atoms with van der Waals surface area (Å²) in [5.41, 5.74) is 2.62. The summed E-state index contributed by atoms with van der Waals surface area (Å²) < 4.78 is 12.1. The largest absolute Gasteiger partial charge is 0.462 e. The molecule has 3 rings (SSSR count). The van der Waals surface area contributed by atoms with E-state index in [1.807, 2.05) is 48.7 Å². The van der Waals surface area contributed by atoms with Gasteiger partial charge in [0, 0.05) is 35.2 Å². The molecule has 1 atom stereocenters. The number of aliphatic hydroxyl groups is 1. The van der Waals surface area contributed by atoms with Gasteiger partial charge in [-0.25, -0.2) is 9.59 Å². The van der Waals surface area contributed by atoms with Gasteiger partial charge in [0.15, 0.2) is 0 Å². The normalized spacial score (nSPS) is 11.7. The molecule has 1 aromatic heterocycles. The van der Waals surface area contributed by atoms with Gasteiger partial charge in [0.25, 0.3) is 0 Å². The van der Waals surface area contributed by atoms with Crippen LogP contribution < -0.4 is 0 Å². The predicted octanol–water partition coefficient (Wildman–Crippen LogP) is 4.66. The van der Waals surface area contributed by atoms with Gasteiger partial charge < -0.3 is 19.1 Å². The lowest BCUT2D eigenvalue weighted by molar-refractivity contribution is 0.0515. The highest BCUT2D eigenvalue weighted by Gasteiger charge is 2.19. The molecule has 0 spiro atoms. The molecule has 0 aliphatic heterocycles. The van der Waals surface area contributed by atoms with Crippen molar-refractivity contribution < 1.29 is 24.2 Å². The Balaban J connectivity index is 1.72. The van der Waals surface area contributed by atoms with Crippen LogP contribution in [-0.4, -0.2) is 46.7 Å². The SMILES string of the molecule is CCOC(=O)c1ccccc1SCC(O)Cn1cc(C(=O)OCC)c(-c2ccccc2)c1. The zero-order valence-electron chi connectivity index (χ0n) is 18.2. The average molecular weight is 454 g/mol. The van der Waals surface area contributed by atoms with E-state index < -0.39 is 12.1 Å². The highest BCUT2D eigenvalue weighted by molar-refractivity contribution is 7.99. The molecule has 1 heterocycles. The van der Waals surface area contributed by atoms with Crippen molar-refractivity contribution in [1.82, 2.24) is 4.57 Å². The monoisotopic (exact) mass is 453 g/mol. The first-order valence-corrected chi connectivity index (χ1v) is 11.5. The fraction of sp³-hybridized carbons (Fsp3) is 0.280. The van der Waals surface area contributed by atoms with Gasteiger partial charge in [0.05, 0.1) is 30.4 Å². The molecule has 0 fully saturated rings. The van der Waals surface area contributed by atoms with Crippen LogP contribution in [0.1, 0.15) is 34.6 Å². The van der Waals surface area contributed by atoms with Gasteiger partial charge >= 0.3 is 11.9 Å². The van der Waals surface area contributed by atoms with E-state index in [0.29, 0.717) is 30.0 Å². The van der Waals surface area contributed by atoms with E-state index in [1.165, 1.54) is 11.8 Å². The molecule has 0 saturated heterocycles. The Morgan fingerprint density at radius 2 is 1.53 bits per heavy atom. The minimum Gasteiger partial charge on any atom is -0.462 e. The Hall–Kier alpha value is -3.03. The maximum Gasteiger partial charge on any atom is 0.340 e. The number of nitrogens with zero attached hydrogens (tertiary/aromatic N) is 1. The van der Waals surface area contributed by atoms with Gasteiger partial charge in [-0.3, -0.25) is 0 Å². The third-order valence-electron chi connectivity index (χ3n) is 4.70. The molecular weight excluding hydrogens is 426 g/mol. The van der Waals surface area contributed by atoms with Crippen LogP contribution in [0, 0.1) is 0 Å². The predicted molar refractivity (Wildman–Crippen MR) is 125 cm³/mol. The van der Waals surface area contributed by atoms with Crippen LogP contribution >= 0.6 is 11.8 Å². The molecule has 0 bridgehead atoms. The van der Waals surface area contributed by atoms with Crippen LogP contribution in [0.3, 0.4) is 0 Å². The van der Waals surface area contributed by atoms with Crippen LogP contribution in [0.25, 0.3) is 11.1 Å². The summed E-state index contributed by atoms with van der Waals surface area (Å²) in [6.07, 6.45) is 2.87. The molecule has 0 saturated carbocycles. The first-order chi connectivity index (χ1) is 15.5.